The Morgan fingerprint density at radius 3 is 2.86 bits per heavy atom. The molecule has 0 aliphatic rings. The number of carbonyl (C=O) groups is 1. The van der Waals surface area contributed by atoms with Crippen LogP contribution >= 0.6 is 15.9 Å². The molecule has 3 rings (SSSR count). The minimum atomic E-state index is -1.000. The highest BCUT2D eigenvalue weighted by atomic mass is 79.9. The zero-order valence-corrected chi connectivity index (χ0v) is 16.6. The van der Waals surface area contributed by atoms with Crippen LogP contribution in [-0.2, 0) is 4.79 Å². The molecule has 2 N–H and O–H groups in total. The zero-order valence-electron chi connectivity index (χ0n) is 15.0. The first kappa shape index (κ1) is 20.4. The van der Waals surface area contributed by atoms with Crippen molar-refractivity contribution in [3.05, 3.63) is 52.8 Å². The van der Waals surface area contributed by atoms with Crippen molar-refractivity contribution in [3.8, 4) is 11.8 Å². The number of fused-ring (bicyclic) bond motifs is 1. The first-order valence-corrected chi connectivity index (χ1v) is 9.16. The monoisotopic (exact) mass is 461 g/mol. The van der Waals surface area contributed by atoms with Crippen molar-refractivity contribution in [1.82, 2.24) is 15.3 Å². The van der Waals surface area contributed by atoms with Crippen LogP contribution in [0.5, 0.6) is 5.75 Å². The topological polar surface area (TPSA) is 99.9 Å². The Balaban J connectivity index is 1.94. The van der Waals surface area contributed by atoms with Crippen LogP contribution in [0.1, 0.15) is 6.92 Å². The summed E-state index contributed by atoms with van der Waals surface area (Å²) in [6, 6.07) is 8.36. The lowest BCUT2D eigenvalue weighted by atomic mass is 10.2. The maximum atomic E-state index is 14.5. The summed E-state index contributed by atoms with van der Waals surface area (Å²) in [4.78, 5) is 20.1. The van der Waals surface area contributed by atoms with Crippen LogP contribution < -0.4 is 15.4 Å². The fourth-order valence-electron chi connectivity index (χ4n) is 2.54. The van der Waals surface area contributed by atoms with Gasteiger partial charge in [0, 0.05) is 10.5 Å². The van der Waals surface area contributed by atoms with E-state index in [1.54, 1.807) is 12.1 Å². The standard InChI is InChI=1S/C19H14BrF2N5O2/c1-10(19(28)24-5-4-23)29-16-8-12(21)2-3-14(16)27-18-17-13(22)6-11(20)7-15(17)25-9-26-18/h2-3,6-10H,5H2,1H3,(H,24,28)(H,25,26,27). The van der Waals surface area contributed by atoms with E-state index < -0.39 is 23.6 Å². The molecule has 0 bridgehead atoms. The van der Waals surface area contributed by atoms with Crippen molar-refractivity contribution in [1.29, 1.82) is 5.26 Å². The van der Waals surface area contributed by atoms with Crippen LogP contribution in [0, 0.1) is 23.0 Å². The Hall–Kier alpha value is -3.32. The number of nitriles is 1. The van der Waals surface area contributed by atoms with E-state index in [1.165, 1.54) is 31.5 Å². The predicted molar refractivity (Wildman–Crippen MR) is 106 cm³/mol. The third kappa shape index (κ3) is 4.75. The van der Waals surface area contributed by atoms with Crippen LogP contribution in [0.25, 0.3) is 10.9 Å². The van der Waals surface area contributed by atoms with E-state index in [2.05, 4.69) is 36.5 Å². The van der Waals surface area contributed by atoms with Gasteiger partial charge in [0.2, 0.25) is 0 Å². The van der Waals surface area contributed by atoms with Crippen LogP contribution in [-0.4, -0.2) is 28.5 Å². The maximum absolute atomic E-state index is 14.5. The lowest BCUT2D eigenvalue weighted by Gasteiger charge is -2.18. The summed E-state index contributed by atoms with van der Waals surface area (Å²) >= 11 is 3.21. The number of amides is 1. The molecule has 1 heterocycles. The number of ether oxygens (including phenoxy) is 1. The zero-order chi connectivity index (χ0) is 21.0. The van der Waals surface area contributed by atoms with Gasteiger partial charge in [-0.15, -0.1) is 0 Å². The van der Waals surface area contributed by atoms with E-state index in [1.807, 2.05) is 0 Å². The van der Waals surface area contributed by atoms with E-state index in [4.69, 9.17) is 10.00 Å². The fraction of sp³-hybridized carbons (Fsp3) is 0.158. The second-order valence-corrected chi connectivity index (χ2v) is 6.82. The van der Waals surface area contributed by atoms with Gasteiger partial charge in [-0.05, 0) is 31.2 Å². The summed E-state index contributed by atoms with van der Waals surface area (Å²) in [6.07, 6.45) is 0.263. The molecule has 1 aromatic heterocycles. The number of nitrogens with zero attached hydrogens (tertiary/aromatic N) is 3. The number of hydrogen-bond donors (Lipinski definition) is 2. The Kier molecular flexibility index (Phi) is 6.19. The molecule has 0 radical (unpaired) electrons. The van der Waals surface area contributed by atoms with E-state index in [0.29, 0.717) is 9.99 Å². The highest BCUT2D eigenvalue weighted by Crippen LogP contribution is 2.33. The van der Waals surface area contributed by atoms with Gasteiger partial charge in [0.25, 0.3) is 5.91 Å². The second-order valence-electron chi connectivity index (χ2n) is 5.91. The molecule has 2 aromatic carbocycles. The molecular formula is C19H14BrF2N5O2. The van der Waals surface area contributed by atoms with Gasteiger partial charge in [0.15, 0.2) is 6.10 Å². The highest BCUT2D eigenvalue weighted by molar-refractivity contribution is 9.10. The third-order valence-corrected chi connectivity index (χ3v) is 4.32. The Morgan fingerprint density at radius 2 is 2.10 bits per heavy atom. The van der Waals surface area contributed by atoms with Crippen molar-refractivity contribution < 1.29 is 18.3 Å². The van der Waals surface area contributed by atoms with Crippen molar-refractivity contribution in [2.24, 2.45) is 0 Å². The summed E-state index contributed by atoms with van der Waals surface area (Å²) in [7, 11) is 0. The Labute approximate surface area is 172 Å². The molecule has 0 aliphatic heterocycles. The SMILES string of the molecule is CC(Oc1cc(F)ccc1Nc1ncnc2cc(Br)cc(F)c12)C(=O)NCC#N. The van der Waals surface area contributed by atoms with Gasteiger partial charge < -0.3 is 15.4 Å². The number of carbonyl (C=O) groups excluding carboxylic acids is 1. The van der Waals surface area contributed by atoms with Crippen LogP contribution in [0.3, 0.4) is 0 Å². The predicted octanol–water partition coefficient (Wildman–Crippen LogP) is 3.82. The van der Waals surface area contributed by atoms with E-state index in [0.717, 1.165) is 6.07 Å². The number of benzene rings is 2. The molecular weight excluding hydrogens is 448 g/mol. The van der Waals surface area contributed by atoms with Crippen LogP contribution in [0.2, 0.25) is 0 Å². The Morgan fingerprint density at radius 1 is 1.31 bits per heavy atom. The minimum Gasteiger partial charge on any atom is -0.479 e. The number of anilines is 2. The van der Waals surface area contributed by atoms with E-state index in [-0.39, 0.29) is 29.2 Å². The van der Waals surface area contributed by atoms with Gasteiger partial charge in [-0.25, -0.2) is 18.7 Å². The Bertz CT molecular complexity index is 1120. The largest absolute Gasteiger partial charge is 0.479 e. The number of rotatable bonds is 6. The molecule has 0 saturated heterocycles. The first-order valence-electron chi connectivity index (χ1n) is 8.36. The molecule has 3 aromatic rings. The van der Waals surface area contributed by atoms with E-state index >= 15 is 0 Å². The molecule has 148 valence electrons. The normalized spacial score (nSPS) is 11.6. The summed E-state index contributed by atoms with van der Waals surface area (Å²) in [5.74, 6) is -1.50. The minimum absolute atomic E-state index is 0.0221. The molecule has 10 heteroatoms. The van der Waals surface area contributed by atoms with Crippen molar-refractivity contribution in [3.63, 3.8) is 0 Å². The molecule has 0 spiro atoms. The molecule has 7 nitrogen and oxygen atoms in total. The van der Waals surface area contributed by atoms with Crippen molar-refractivity contribution >= 4 is 44.2 Å². The van der Waals surface area contributed by atoms with Crippen LogP contribution in [0.4, 0.5) is 20.3 Å². The molecule has 0 fully saturated rings. The van der Waals surface area contributed by atoms with Gasteiger partial charge in [-0.1, -0.05) is 15.9 Å². The average Bonchev–Trinajstić information content (AvgIpc) is 2.67. The summed E-state index contributed by atoms with van der Waals surface area (Å²) in [6.45, 7) is 1.28. The lowest BCUT2D eigenvalue weighted by Crippen LogP contribution is -2.36. The summed E-state index contributed by atoms with van der Waals surface area (Å²) in [5.41, 5.74) is 0.636. The molecule has 0 aliphatic carbocycles. The maximum Gasteiger partial charge on any atom is 0.261 e. The van der Waals surface area contributed by atoms with Crippen molar-refractivity contribution in [2.45, 2.75) is 13.0 Å². The van der Waals surface area contributed by atoms with Gasteiger partial charge in [0.05, 0.1) is 22.7 Å². The van der Waals surface area contributed by atoms with Gasteiger partial charge in [-0.2, -0.15) is 5.26 Å². The third-order valence-electron chi connectivity index (χ3n) is 3.87. The molecule has 1 amide bonds. The average molecular weight is 462 g/mol. The van der Waals surface area contributed by atoms with E-state index in [9.17, 15) is 13.6 Å². The van der Waals surface area contributed by atoms with Gasteiger partial charge >= 0.3 is 0 Å². The molecule has 1 atom stereocenters. The number of aromatic nitrogens is 2. The number of hydrogen-bond acceptors (Lipinski definition) is 6. The smallest absolute Gasteiger partial charge is 0.261 e. The lowest BCUT2D eigenvalue weighted by molar-refractivity contribution is -0.126. The summed E-state index contributed by atoms with van der Waals surface area (Å²) in [5, 5.41) is 14.0. The summed E-state index contributed by atoms with van der Waals surface area (Å²) < 4.78 is 34.3. The van der Waals surface area contributed by atoms with Gasteiger partial charge in [0.1, 0.15) is 36.1 Å². The number of halogens is 3. The molecule has 1 unspecified atom stereocenters. The van der Waals surface area contributed by atoms with Crippen LogP contribution in [0.15, 0.2) is 41.1 Å². The highest BCUT2D eigenvalue weighted by Gasteiger charge is 2.18. The van der Waals surface area contributed by atoms with Crippen molar-refractivity contribution in [2.75, 3.05) is 11.9 Å². The molecule has 0 saturated carbocycles. The fourth-order valence-corrected chi connectivity index (χ4v) is 2.96. The molecule has 29 heavy (non-hydrogen) atoms. The first-order chi connectivity index (χ1) is 13.9. The number of nitrogens with one attached hydrogen (secondary N) is 2. The van der Waals surface area contributed by atoms with Gasteiger partial charge in [-0.3, -0.25) is 4.79 Å². The quantitative estimate of drug-likeness (QED) is 0.541. The second kappa shape index (κ2) is 8.79.